The molecule has 0 spiro atoms. The van der Waals surface area contributed by atoms with Crippen LogP contribution in [-0.4, -0.2) is 60.6 Å². The average Bonchev–Trinajstić information content (AvgIpc) is 2.81. The Morgan fingerprint density at radius 1 is 1.25 bits per heavy atom. The number of hydrogen-bond donors (Lipinski definition) is 2. The highest BCUT2D eigenvalue weighted by Gasteiger charge is 2.49. The molecule has 2 heterocycles. The lowest BCUT2D eigenvalue weighted by atomic mass is 9.92. The number of carbonyl (C=O) groups excluding carboxylic acids is 3. The van der Waals surface area contributed by atoms with Gasteiger partial charge in [-0.05, 0) is 12.5 Å². The summed E-state index contributed by atoms with van der Waals surface area (Å²) in [6.07, 6.45) is 0. The Morgan fingerprint density at radius 3 is 2.58 bits per heavy atom. The molecule has 3 rings (SSSR count). The second-order valence-corrected chi connectivity index (χ2v) is 5.99. The summed E-state index contributed by atoms with van der Waals surface area (Å²) >= 11 is 0. The number of urea groups is 1. The molecule has 2 aliphatic rings. The molecule has 128 valence electrons. The molecule has 8 nitrogen and oxygen atoms in total. The Kier molecular flexibility index (Phi) is 4.50. The molecule has 0 saturated carbocycles. The fraction of sp³-hybridized carbons (Fsp3) is 0.438. The first-order chi connectivity index (χ1) is 11.5. The van der Waals surface area contributed by atoms with Crippen molar-refractivity contribution < 1.29 is 19.1 Å². The third-order valence-corrected chi connectivity index (χ3v) is 4.25. The van der Waals surface area contributed by atoms with Gasteiger partial charge in [-0.3, -0.25) is 19.9 Å². The molecule has 1 aromatic rings. The highest BCUT2D eigenvalue weighted by molar-refractivity contribution is 6.08. The van der Waals surface area contributed by atoms with Crippen LogP contribution in [0.3, 0.4) is 0 Å². The smallest absolute Gasteiger partial charge is 0.344 e. The number of morpholine rings is 1. The minimum Gasteiger partial charge on any atom is -0.379 e. The second-order valence-electron chi connectivity index (χ2n) is 5.99. The van der Waals surface area contributed by atoms with Crippen molar-refractivity contribution >= 4 is 17.8 Å². The zero-order valence-electron chi connectivity index (χ0n) is 13.4. The average molecular weight is 332 g/mol. The summed E-state index contributed by atoms with van der Waals surface area (Å²) in [5.41, 5.74) is 1.87. The molecule has 2 saturated heterocycles. The molecule has 0 aromatic heterocycles. The molecule has 0 aliphatic carbocycles. The van der Waals surface area contributed by atoms with Crippen molar-refractivity contribution in [3.63, 3.8) is 0 Å². The lowest BCUT2D eigenvalue weighted by Crippen LogP contribution is -2.51. The van der Waals surface area contributed by atoms with Gasteiger partial charge in [-0.25, -0.2) is 4.79 Å². The second kappa shape index (κ2) is 6.58. The summed E-state index contributed by atoms with van der Waals surface area (Å²) in [6.45, 7) is 4.18. The van der Waals surface area contributed by atoms with E-state index in [9.17, 15) is 14.4 Å². The fourth-order valence-corrected chi connectivity index (χ4v) is 2.83. The van der Waals surface area contributed by atoms with Gasteiger partial charge in [0.25, 0.3) is 11.8 Å². The maximum Gasteiger partial charge on any atom is 0.344 e. The molecule has 2 fully saturated rings. The number of carbonyl (C=O) groups is 3. The molecule has 0 bridgehead atoms. The molecule has 2 N–H and O–H groups in total. The summed E-state index contributed by atoms with van der Waals surface area (Å²) < 4.78 is 5.22. The Morgan fingerprint density at radius 2 is 1.92 bits per heavy atom. The van der Waals surface area contributed by atoms with Crippen molar-refractivity contribution in [3.05, 3.63) is 35.9 Å². The van der Waals surface area contributed by atoms with Crippen molar-refractivity contribution in [1.82, 2.24) is 20.7 Å². The van der Waals surface area contributed by atoms with Crippen LogP contribution in [0.15, 0.2) is 30.3 Å². The number of nitrogens with one attached hydrogen (secondary N) is 2. The van der Waals surface area contributed by atoms with Gasteiger partial charge in [0.2, 0.25) is 0 Å². The van der Waals surface area contributed by atoms with E-state index in [4.69, 9.17) is 4.74 Å². The Bertz CT molecular complexity index is 645. The van der Waals surface area contributed by atoms with E-state index < -0.39 is 23.4 Å². The van der Waals surface area contributed by atoms with Crippen molar-refractivity contribution in [2.24, 2.45) is 0 Å². The maximum absolute atomic E-state index is 12.7. The van der Waals surface area contributed by atoms with E-state index in [0.717, 1.165) is 5.01 Å². The fourth-order valence-electron chi connectivity index (χ4n) is 2.83. The van der Waals surface area contributed by atoms with Crippen molar-refractivity contribution in [3.8, 4) is 0 Å². The first kappa shape index (κ1) is 16.4. The SMILES string of the molecule is C[C@@]1(c2ccccc2)NC(=O)N(NC(=O)CN2CCOCC2)C1=O. The third-order valence-electron chi connectivity index (χ3n) is 4.25. The quantitative estimate of drug-likeness (QED) is 0.746. The molecule has 1 atom stereocenters. The zero-order chi connectivity index (χ0) is 17.2. The zero-order valence-corrected chi connectivity index (χ0v) is 13.4. The van der Waals surface area contributed by atoms with Gasteiger partial charge in [0.1, 0.15) is 5.54 Å². The maximum atomic E-state index is 12.7. The van der Waals surface area contributed by atoms with Gasteiger partial charge in [0.15, 0.2) is 0 Å². The van der Waals surface area contributed by atoms with E-state index in [1.807, 2.05) is 11.0 Å². The normalized spacial score (nSPS) is 24.8. The van der Waals surface area contributed by atoms with E-state index in [2.05, 4.69) is 10.7 Å². The van der Waals surface area contributed by atoms with Gasteiger partial charge < -0.3 is 10.1 Å². The number of benzene rings is 1. The van der Waals surface area contributed by atoms with E-state index in [1.165, 1.54) is 0 Å². The van der Waals surface area contributed by atoms with Gasteiger partial charge in [-0.1, -0.05) is 30.3 Å². The lowest BCUT2D eigenvalue weighted by molar-refractivity contribution is -0.139. The highest BCUT2D eigenvalue weighted by atomic mass is 16.5. The van der Waals surface area contributed by atoms with Gasteiger partial charge in [0, 0.05) is 13.1 Å². The Labute approximate surface area is 139 Å². The lowest BCUT2D eigenvalue weighted by Gasteiger charge is -2.26. The summed E-state index contributed by atoms with van der Waals surface area (Å²) in [5, 5.41) is 3.40. The van der Waals surface area contributed by atoms with Gasteiger partial charge in [-0.2, -0.15) is 5.01 Å². The van der Waals surface area contributed by atoms with Crippen LogP contribution in [0.1, 0.15) is 12.5 Å². The number of amides is 4. The van der Waals surface area contributed by atoms with Crippen LogP contribution >= 0.6 is 0 Å². The molecule has 24 heavy (non-hydrogen) atoms. The van der Waals surface area contributed by atoms with Gasteiger partial charge in [-0.15, -0.1) is 0 Å². The van der Waals surface area contributed by atoms with Gasteiger partial charge >= 0.3 is 6.03 Å². The van der Waals surface area contributed by atoms with Crippen LogP contribution in [0.2, 0.25) is 0 Å². The predicted molar refractivity (Wildman–Crippen MR) is 84.6 cm³/mol. The van der Waals surface area contributed by atoms with E-state index in [1.54, 1.807) is 31.2 Å². The van der Waals surface area contributed by atoms with E-state index >= 15 is 0 Å². The molecular formula is C16H20N4O4. The number of nitrogens with zero attached hydrogens (tertiary/aromatic N) is 2. The standard InChI is InChI=1S/C16H20N4O4/c1-16(12-5-3-2-4-6-12)14(22)20(15(23)17-16)18-13(21)11-19-7-9-24-10-8-19/h2-6H,7-11H2,1H3,(H,17,23)(H,18,21)/t16-/m0/s1. The van der Waals surface area contributed by atoms with E-state index in [0.29, 0.717) is 31.9 Å². The molecule has 2 aliphatic heterocycles. The number of hydrazine groups is 1. The topological polar surface area (TPSA) is 91.0 Å². The predicted octanol–water partition coefficient (Wildman–Crippen LogP) is -0.183. The summed E-state index contributed by atoms with van der Waals surface area (Å²) in [5.74, 6) is -0.910. The molecule has 0 radical (unpaired) electrons. The number of ether oxygens (including phenoxy) is 1. The van der Waals surface area contributed by atoms with Crippen molar-refractivity contribution in [1.29, 1.82) is 0 Å². The minimum atomic E-state index is -1.19. The first-order valence-electron chi connectivity index (χ1n) is 7.82. The van der Waals surface area contributed by atoms with Crippen LogP contribution < -0.4 is 10.7 Å². The van der Waals surface area contributed by atoms with Crippen LogP contribution in [0.25, 0.3) is 0 Å². The number of hydrogen-bond acceptors (Lipinski definition) is 5. The monoisotopic (exact) mass is 332 g/mol. The van der Waals surface area contributed by atoms with Crippen LogP contribution in [-0.2, 0) is 19.9 Å². The summed E-state index contributed by atoms with van der Waals surface area (Å²) in [6, 6.07) is 8.30. The first-order valence-corrected chi connectivity index (χ1v) is 7.82. The molecule has 1 aromatic carbocycles. The highest BCUT2D eigenvalue weighted by Crippen LogP contribution is 2.27. The third kappa shape index (κ3) is 3.10. The van der Waals surface area contributed by atoms with Gasteiger partial charge in [0.05, 0.1) is 19.8 Å². The van der Waals surface area contributed by atoms with Crippen LogP contribution in [0.4, 0.5) is 4.79 Å². The van der Waals surface area contributed by atoms with E-state index in [-0.39, 0.29) is 6.54 Å². The largest absolute Gasteiger partial charge is 0.379 e. The van der Waals surface area contributed by atoms with Crippen LogP contribution in [0, 0.1) is 0 Å². The van der Waals surface area contributed by atoms with Crippen LogP contribution in [0.5, 0.6) is 0 Å². The van der Waals surface area contributed by atoms with Crippen molar-refractivity contribution in [2.75, 3.05) is 32.8 Å². The number of imide groups is 1. The molecule has 0 unspecified atom stereocenters. The summed E-state index contributed by atoms with van der Waals surface area (Å²) in [4.78, 5) is 38.9. The summed E-state index contributed by atoms with van der Waals surface area (Å²) in [7, 11) is 0. The number of rotatable bonds is 4. The molecular weight excluding hydrogens is 312 g/mol. The molecule has 8 heteroatoms. The molecule has 4 amide bonds. The van der Waals surface area contributed by atoms with Crippen molar-refractivity contribution in [2.45, 2.75) is 12.5 Å². The Hall–Kier alpha value is -2.45. The Balaban J connectivity index is 1.67. The minimum absolute atomic E-state index is 0.114.